The number of rotatable bonds is 16. The van der Waals surface area contributed by atoms with Crippen LogP contribution in [0.25, 0.3) is 33.4 Å². The molecule has 0 atom stereocenters. The van der Waals surface area contributed by atoms with E-state index in [0.717, 1.165) is 67.5 Å². The molecule has 0 fully saturated rings. The van der Waals surface area contributed by atoms with Crippen molar-refractivity contribution in [3.63, 3.8) is 0 Å². The first-order chi connectivity index (χ1) is 42.8. The lowest BCUT2D eigenvalue weighted by molar-refractivity contribution is 0.217. The maximum Gasteiger partial charge on any atom is 0.122 e. The number of fused-ring (bicyclic) bond motifs is 9. The monoisotopic (exact) mass is 1130 g/mol. The predicted molar refractivity (Wildman–Crippen MR) is 346 cm³/mol. The predicted octanol–water partition coefficient (Wildman–Crippen LogP) is 17.7. The van der Waals surface area contributed by atoms with E-state index in [4.69, 9.17) is 18.9 Å². The van der Waals surface area contributed by atoms with E-state index in [-0.39, 0.29) is 11.5 Å². The van der Waals surface area contributed by atoms with Crippen LogP contribution in [-0.4, -0.2) is 36.6 Å². The molecule has 15 rings (SSSR count). The highest BCUT2D eigenvalue weighted by molar-refractivity contribution is 5.89. The molecule has 0 amide bonds. The summed E-state index contributed by atoms with van der Waals surface area (Å²) in [6, 6.07) is 98.1. The van der Waals surface area contributed by atoms with Gasteiger partial charge in [-0.15, -0.1) is 0 Å². The van der Waals surface area contributed by atoms with Crippen molar-refractivity contribution in [1.29, 1.82) is 0 Å². The molecule has 0 unspecified atom stereocenters. The van der Waals surface area contributed by atoms with Crippen LogP contribution in [0.1, 0.15) is 77.9 Å². The Morgan fingerprint density at radius 2 is 0.437 bits per heavy atom. The van der Waals surface area contributed by atoms with Gasteiger partial charge in [-0.3, -0.25) is 0 Å². The highest BCUT2D eigenvalue weighted by Crippen LogP contribution is 2.59. The van der Waals surface area contributed by atoms with Crippen molar-refractivity contribution in [2.24, 2.45) is 0 Å². The molecule has 6 nitrogen and oxygen atoms in total. The fourth-order valence-corrected chi connectivity index (χ4v) is 14.7. The number of benzene rings is 12. The Hall–Kier alpha value is -10.6. The van der Waals surface area contributed by atoms with Crippen LogP contribution in [0.4, 0.5) is 0 Å². The van der Waals surface area contributed by atoms with Gasteiger partial charge in [-0.05, 0) is 186 Å². The molecule has 2 N–H and O–H groups in total. The zero-order valence-corrected chi connectivity index (χ0v) is 48.4. The third kappa shape index (κ3) is 8.45. The lowest BCUT2D eigenvalue weighted by atomic mass is 9.67. The maximum absolute atomic E-state index is 10.6. The smallest absolute Gasteiger partial charge is 0.122 e. The number of aromatic hydroxyl groups is 2. The zero-order chi connectivity index (χ0) is 58.7. The van der Waals surface area contributed by atoms with Crippen LogP contribution in [-0.2, 0) is 16.2 Å². The fraction of sp³-hybridized carbons (Fsp3) is 0.111. The Bertz CT molecular complexity index is 4180. The largest absolute Gasteiger partial charge is 0.508 e. The minimum Gasteiger partial charge on any atom is -0.508 e. The first-order valence-electron chi connectivity index (χ1n) is 29.9. The third-order valence-corrected chi connectivity index (χ3v) is 18.5. The summed E-state index contributed by atoms with van der Waals surface area (Å²) in [6.07, 6.45) is 0. The molecule has 0 aliphatic heterocycles. The molecular weight excluding hydrogens is 1070 g/mol. The first kappa shape index (κ1) is 53.2. The highest BCUT2D eigenvalue weighted by Gasteiger charge is 2.49. The minimum absolute atomic E-state index is 0.285. The van der Waals surface area contributed by atoms with Gasteiger partial charge in [0.15, 0.2) is 0 Å². The fourth-order valence-electron chi connectivity index (χ4n) is 14.7. The second-order valence-corrected chi connectivity index (χ2v) is 23.0. The van der Waals surface area contributed by atoms with Gasteiger partial charge in [0.1, 0.15) is 60.9 Å². The Morgan fingerprint density at radius 3 is 0.655 bits per heavy atom. The Balaban J connectivity index is 0.635. The summed E-state index contributed by atoms with van der Waals surface area (Å²) in [5.74, 6) is 3.61. The van der Waals surface area contributed by atoms with E-state index in [9.17, 15) is 10.2 Å². The Labute approximate surface area is 507 Å². The van der Waals surface area contributed by atoms with E-state index in [0.29, 0.717) is 26.4 Å². The highest BCUT2D eigenvalue weighted by atomic mass is 16.5. The molecule has 0 spiro atoms. The summed E-state index contributed by atoms with van der Waals surface area (Å²) in [5, 5.41) is 21.2. The molecule has 422 valence electrons. The molecule has 0 saturated heterocycles. The summed E-state index contributed by atoms with van der Waals surface area (Å²) in [6.45, 7) is 5.37. The van der Waals surface area contributed by atoms with Crippen LogP contribution in [0, 0.1) is 13.8 Å². The second-order valence-electron chi connectivity index (χ2n) is 23.0. The van der Waals surface area contributed by atoms with E-state index in [1.807, 2.05) is 26.0 Å². The summed E-state index contributed by atoms with van der Waals surface area (Å²) in [7, 11) is 0. The van der Waals surface area contributed by atoms with E-state index in [1.165, 1.54) is 66.8 Å². The van der Waals surface area contributed by atoms with Crippen molar-refractivity contribution in [1.82, 2.24) is 0 Å². The number of hydrogen-bond acceptors (Lipinski definition) is 6. The molecule has 0 saturated carbocycles. The minimum atomic E-state index is -0.598. The van der Waals surface area contributed by atoms with Crippen molar-refractivity contribution in [2.75, 3.05) is 26.4 Å². The number of phenolic OH excluding ortho intramolecular Hbond substituents is 2. The van der Waals surface area contributed by atoms with Gasteiger partial charge < -0.3 is 29.2 Å². The van der Waals surface area contributed by atoms with E-state index in [2.05, 4.69) is 267 Å². The zero-order valence-electron chi connectivity index (χ0n) is 48.4. The standard InChI is InChI=1S/C81H62O6/c1-53-51-59(35-45-77(53)82)80(73-23-11-5-17-67(73)68-18-6-12-24-74(68)80)57-31-41-63(42-32-57)86-49-47-84-61-37-27-55(28-38-61)79(71-21-9-3-15-65(71)66-16-4-10-22-72(66)79)56-29-39-62(40-30-56)85-48-50-87-64-43-33-58(34-44-64)81(60-36-46-78(83)54(2)52-60)75-25-13-7-19-69(75)70-20-8-14-26-76(70)81/h3-46,51-52,82-83H,47-50H2,1-2H3. The normalized spacial score (nSPS) is 14.0. The molecule has 0 radical (unpaired) electrons. The number of aryl methyl sites for hydroxylation is 2. The molecule has 3 aliphatic rings. The molecule has 3 aliphatic carbocycles. The first-order valence-corrected chi connectivity index (χ1v) is 29.9. The molecule has 12 aromatic carbocycles. The van der Waals surface area contributed by atoms with Crippen molar-refractivity contribution >= 4 is 0 Å². The number of hydrogen-bond donors (Lipinski definition) is 2. The lowest BCUT2D eigenvalue weighted by Crippen LogP contribution is -2.28. The number of phenols is 2. The van der Waals surface area contributed by atoms with E-state index < -0.39 is 16.2 Å². The van der Waals surface area contributed by atoms with Gasteiger partial charge in [-0.25, -0.2) is 0 Å². The molecule has 87 heavy (non-hydrogen) atoms. The van der Waals surface area contributed by atoms with Crippen molar-refractivity contribution in [3.05, 3.63) is 357 Å². The van der Waals surface area contributed by atoms with Gasteiger partial charge in [0.05, 0.1) is 16.2 Å². The topological polar surface area (TPSA) is 77.4 Å². The average molecular weight is 1130 g/mol. The van der Waals surface area contributed by atoms with Crippen LogP contribution in [0.5, 0.6) is 34.5 Å². The van der Waals surface area contributed by atoms with E-state index in [1.54, 1.807) is 0 Å². The van der Waals surface area contributed by atoms with Crippen LogP contribution in [0.15, 0.2) is 279 Å². The second kappa shape index (κ2) is 21.5. The summed E-state index contributed by atoms with van der Waals surface area (Å²) >= 11 is 0. The molecule has 0 bridgehead atoms. The van der Waals surface area contributed by atoms with Crippen LogP contribution < -0.4 is 18.9 Å². The van der Waals surface area contributed by atoms with Crippen LogP contribution in [0.3, 0.4) is 0 Å². The van der Waals surface area contributed by atoms with Gasteiger partial charge in [0.2, 0.25) is 0 Å². The Kier molecular flexibility index (Phi) is 13.1. The van der Waals surface area contributed by atoms with Crippen molar-refractivity contribution in [2.45, 2.75) is 30.1 Å². The van der Waals surface area contributed by atoms with Gasteiger partial charge in [-0.2, -0.15) is 0 Å². The summed E-state index contributed by atoms with van der Waals surface area (Å²) in [4.78, 5) is 0. The summed E-state index contributed by atoms with van der Waals surface area (Å²) in [5.41, 5.74) is 21.3. The quantitative estimate of drug-likeness (QED) is 0.0939. The molecule has 0 aromatic heterocycles. The molecular formula is C81H62O6. The van der Waals surface area contributed by atoms with Gasteiger partial charge in [0, 0.05) is 0 Å². The lowest BCUT2D eigenvalue weighted by Gasteiger charge is -2.34. The molecule has 12 aromatic rings. The third-order valence-electron chi connectivity index (χ3n) is 18.5. The maximum atomic E-state index is 10.6. The summed E-state index contributed by atoms with van der Waals surface area (Å²) < 4.78 is 25.5. The van der Waals surface area contributed by atoms with Gasteiger partial charge in [-0.1, -0.05) is 218 Å². The van der Waals surface area contributed by atoms with Crippen molar-refractivity contribution in [3.8, 4) is 67.9 Å². The molecule has 0 heterocycles. The number of ether oxygens (including phenoxy) is 4. The van der Waals surface area contributed by atoms with Crippen LogP contribution >= 0.6 is 0 Å². The van der Waals surface area contributed by atoms with Crippen molar-refractivity contribution < 1.29 is 29.2 Å². The molecule has 6 heteroatoms. The SMILES string of the molecule is Cc1cc(C2(c3ccc(OCCOc4ccc(C5(c6ccc(OCCOc7ccc(C8(c9ccc(O)c(C)c9)c9ccccc9-c9ccccc98)cc7)cc6)c6ccccc6-c6ccccc65)cc4)cc3)c3ccccc3-c3ccccc32)ccc1O. The average Bonchev–Trinajstić information content (AvgIpc) is 1.60. The van der Waals surface area contributed by atoms with Gasteiger partial charge >= 0.3 is 0 Å². The van der Waals surface area contributed by atoms with E-state index >= 15 is 0 Å². The Morgan fingerprint density at radius 1 is 0.241 bits per heavy atom. The van der Waals surface area contributed by atoms with Gasteiger partial charge in [0.25, 0.3) is 0 Å². The van der Waals surface area contributed by atoms with Crippen LogP contribution in [0.2, 0.25) is 0 Å².